The molecular formula is C17H20N2O5S. The molecule has 8 heteroatoms. The molecule has 0 bridgehead atoms. The van der Waals surface area contributed by atoms with E-state index in [1.165, 1.54) is 39.5 Å². The van der Waals surface area contributed by atoms with Crippen LogP contribution in [-0.2, 0) is 10.0 Å². The van der Waals surface area contributed by atoms with Crippen LogP contribution in [0.1, 0.15) is 15.9 Å². The van der Waals surface area contributed by atoms with E-state index in [2.05, 4.69) is 10.0 Å². The lowest BCUT2D eigenvalue weighted by Gasteiger charge is -2.14. The van der Waals surface area contributed by atoms with Gasteiger partial charge in [0.15, 0.2) is 11.5 Å². The fraction of sp³-hybridized carbons (Fsp3) is 0.235. The van der Waals surface area contributed by atoms with Crippen LogP contribution in [0, 0.1) is 6.92 Å². The van der Waals surface area contributed by atoms with Crippen molar-refractivity contribution in [1.82, 2.24) is 4.72 Å². The smallest absolute Gasteiger partial charge is 0.255 e. The van der Waals surface area contributed by atoms with Crippen LogP contribution in [0.3, 0.4) is 0 Å². The Morgan fingerprint density at radius 2 is 1.68 bits per heavy atom. The molecule has 0 unspecified atom stereocenters. The molecule has 134 valence electrons. The highest BCUT2D eigenvalue weighted by Crippen LogP contribution is 2.33. The number of hydrogen-bond donors (Lipinski definition) is 2. The van der Waals surface area contributed by atoms with Gasteiger partial charge in [0, 0.05) is 17.3 Å². The Balaban J connectivity index is 2.33. The number of sulfonamides is 1. The highest BCUT2D eigenvalue weighted by Gasteiger charge is 2.16. The van der Waals surface area contributed by atoms with E-state index in [0.29, 0.717) is 17.2 Å². The molecule has 7 nitrogen and oxygen atoms in total. The molecule has 0 aromatic heterocycles. The zero-order valence-electron chi connectivity index (χ0n) is 14.4. The summed E-state index contributed by atoms with van der Waals surface area (Å²) in [6, 6.07) is 9.19. The number of nitrogens with one attached hydrogen (secondary N) is 2. The first-order valence-electron chi connectivity index (χ1n) is 7.40. The average molecular weight is 364 g/mol. The summed E-state index contributed by atoms with van der Waals surface area (Å²) >= 11 is 0. The van der Waals surface area contributed by atoms with Gasteiger partial charge in [-0.3, -0.25) is 4.79 Å². The summed E-state index contributed by atoms with van der Waals surface area (Å²) in [5.74, 6) is 0.610. The van der Waals surface area contributed by atoms with Crippen LogP contribution in [0.15, 0.2) is 41.3 Å². The maximum absolute atomic E-state index is 12.5. The van der Waals surface area contributed by atoms with Gasteiger partial charge < -0.3 is 14.8 Å². The lowest BCUT2D eigenvalue weighted by Crippen LogP contribution is -2.19. The summed E-state index contributed by atoms with van der Waals surface area (Å²) < 4.78 is 36.4. The molecule has 2 N–H and O–H groups in total. The molecule has 0 aliphatic rings. The first kappa shape index (κ1) is 18.8. The van der Waals surface area contributed by atoms with Crippen molar-refractivity contribution in [2.75, 3.05) is 26.6 Å². The first-order valence-corrected chi connectivity index (χ1v) is 8.88. The van der Waals surface area contributed by atoms with Crippen molar-refractivity contribution >= 4 is 21.6 Å². The summed E-state index contributed by atoms with van der Waals surface area (Å²) in [5.41, 5.74) is 1.56. The number of ether oxygens (including phenoxy) is 2. The number of rotatable bonds is 6. The molecule has 0 aliphatic carbocycles. The van der Waals surface area contributed by atoms with Gasteiger partial charge in [-0.25, -0.2) is 13.1 Å². The number of anilines is 1. The zero-order chi connectivity index (χ0) is 18.6. The van der Waals surface area contributed by atoms with Gasteiger partial charge >= 0.3 is 0 Å². The Labute approximate surface area is 147 Å². The molecular weight excluding hydrogens is 344 g/mol. The van der Waals surface area contributed by atoms with E-state index >= 15 is 0 Å². The predicted octanol–water partition coefficient (Wildman–Crippen LogP) is 2.17. The maximum Gasteiger partial charge on any atom is 0.255 e. The van der Waals surface area contributed by atoms with Crippen LogP contribution in [-0.4, -0.2) is 35.6 Å². The minimum atomic E-state index is -3.62. The Morgan fingerprint density at radius 1 is 1.04 bits per heavy atom. The summed E-state index contributed by atoms with van der Waals surface area (Å²) in [7, 11) is 0.729. The molecule has 0 radical (unpaired) electrons. The lowest BCUT2D eigenvalue weighted by molar-refractivity contribution is 0.102. The van der Waals surface area contributed by atoms with Crippen LogP contribution >= 0.6 is 0 Å². The van der Waals surface area contributed by atoms with Crippen LogP contribution < -0.4 is 19.5 Å². The number of methoxy groups -OCH3 is 2. The van der Waals surface area contributed by atoms with E-state index in [0.717, 1.165) is 5.56 Å². The summed E-state index contributed by atoms with van der Waals surface area (Å²) in [5, 5.41) is 2.76. The number of carbonyl (C=O) groups is 1. The van der Waals surface area contributed by atoms with E-state index in [-0.39, 0.29) is 10.5 Å². The van der Waals surface area contributed by atoms with Crippen LogP contribution in [0.4, 0.5) is 5.69 Å². The van der Waals surface area contributed by atoms with E-state index in [9.17, 15) is 13.2 Å². The molecule has 0 aliphatic heterocycles. The van der Waals surface area contributed by atoms with Crippen molar-refractivity contribution in [3.8, 4) is 11.5 Å². The zero-order valence-corrected chi connectivity index (χ0v) is 15.2. The predicted molar refractivity (Wildman–Crippen MR) is 94.9 cm³/mol. The van der Waals surface area contributed by atoms with Gasteiger partial charge in [-0.1, -0.05) is 6.07 Å². The molecule has 1 amide bonds. The quantitative estimate of drug-likeness (QED) is 0.819. The topological polar surface area (TPSA) is 93.7 Å². The summed E-state index contributed by atoms with van der Waals surface area (Å²) in [6.07, 6.45) is 0. The average Bonchev–Trinajstić information content (AvgIpc) is 2.62. The van der Waals surface area contributed by atoms with Crippen molar-refractivity contribution in [2.24, 2.45) is 0 Å². The Kier molecular flexibility index (Phi) is 5.66. The molecule has 0 spiro atoms. The van der Waals surface area contributed by atoms with E-state index in [4.69, 9.17) is 9.47 Å². The Morgan fingerprint density at radius 3 is 2.28 bits per heavy atom. The fourth-order valence-corrected chi connectivity index (χ4v) is 3.01. The van der Waals surface area contributed by atoms with Gasteiger partial charge in [-0.15, -0.1) is 0 Å². The van der Waals surface area contributed by atoms with E-state index in [1.54, 1.807) is 18.2 Å². The van der Waals surface area contributed by atoms with Crippen LogP contribution in [0.5, 0.6) is 11.5 Å². The summed E-state index contributed by atoms with van der Waals surface area (Å²) in [6.45, 7) is 1.82. The third-order valence-corrected chi connectivity index (χ3v) is 5.07. The highest BCUT2D eigenvalue weighted by atomic mass is 32.2. The molecule has 0 fully saturated rings. The van der Waals surface area contributed by atoms with Crippen molar-refractivity contribution in [3.63, 3.8) is 0 Å². The van der Waals surface area contributed by atoms with Crippen molar-refractivity contribution in [3.05, 3.63) is 47.5 Å². The molecule has 0 atom stereocenters. The lowest BCUT2D eigenvalue weighted by atomic mass is 10.1. The van der Waals surface area contributed by atoms with E-state index in [1.807, 2.05) is 6.92 Å². The van der Waals surface area contributed by atoms with E-state index < -0.39 is 15.9 Å². The van der Waals surface area contributed by atoms with Gasteiger partial charge in [0.1, 0.15) is 0 Å². The highest BCUT2D eigenvalue weighted by molar-refractivity contribution is 7.89. The number of hydrogen-bond acceptors (Lipinski definition) is 5. The van der Waals surface area contributed by atoms with Gasteiger partial charge in [0.2, 0.25) is 10.0 Å². The molecule has 0 saturated carbocycles. The Bertz CT molecular complexity index is 894. The van der Waals surface area contributed by atoms with Crippen molar-refractivity contribution in [1.29, 1.82) is 0 Å². The minimum Gasteiger partial charge on any atom is -0.493 e. The molecule has 25 heavy (non-hydrogen) atoms. The second-order valence-electron chi connectivity index (χ2n) is 5.21. The van der Waals surface area contributed by atoms with Crippen molar-refractivity contribution < 1.29 is 22.7 Å². The number of amides is 1. The largest absolute Gasteiger partial charge is 0.493 e. The molecule has 2 aromatic rings. The molecule has 2 rings (SSSR count). The number of aryl methyl sites for hydroxylation is 1. The summed E-state index contributed by atoms with van der Waals surface area (Å²) in [4.78, 5) is 12.5. The second kappa shape index (κ2) is 7.54. The first-order chi connectivity index (χ1) is 11.8. The number of benzene rings is 2. The SMILES string of the molecule is CNS(=O)(=O)c1cccc(C(=O)Nc2cc(OC)c(OC)cc2C)c1. The normalized spacial score (nSPS) is 11.0. The minimum absolute atomic E-state index is 0.0201. The number of carbonyl (C=O) groups excluding carboxylic acids is 1. The fourth-order valence-electron chi connectivity index (χ4n) is 2.23. The van der Waals surface area contributed by atoms with Gasteiger partial charge in [-0.05, 0) is 43.8 Å². The van der Waals surface area contributed by atoms with Crippen LogP contribution in [0.25, 0.3) is 0 Å². The molecule has 0 saturated heterocycles. The molecule has 2 aromatic carbocycles. The second-order valence-corrected chi connectivity index (χ2v) is 7.10. The monoisotopic (exact) mass is 364 g/mol. The standard InChI is InChI=1S/C17H20N2O5S/c1-11-8-15(23-3)16(24-4)10-14(11)19-17(20)12-6-5-7-13(9-12)25(21,22)18-2/h5-10,18H,1-4H3,(H,19,20). The molecule has 0 heterocycles. The third-order valence-electron chi connectivity index (χ3n) is 3.65. The van der Waals surface area contributed by atoms with Crippen LogP contribution in [0.2, 0.25) is 0 Å². The van der Waals surface area contributed by atoms with Gasteiger partial charge in [0.25, 0.3) is 5.91 Å². The maximum atomic E-state index is 12.5. The van der Waals surface area contributed by atoms with Gasteiger partial charge in [-0.2, -0.15) is 0 Å². The van der Waals surface area contributed by atoms with Gasteiger partial charge in [0.05, 0.1) is 19.1 Å². The third kappa shape index (κ3) is 4.09. The Hall–Kier alpha value is -2.58. The van der Waals surface area contributed by atoms with Crippen molar-refractivity contribution in [2.45, 2.75) is 11.8 Å².